The van der Waals surface area contributed by atoms with Crippen molar-refractivity contribution in [1.82, 2.24) is 9.97 Å². The van der Waals surface area contributed by atoms with Gasteiger partial charge in [0.05, 0.1) is 35.0 Å². The van der Waals surface area contributed by atoms with E-state index in [1.165, 1.54) is 16.2 Å². The molecule has 2 aromatic carbocycles. The van der Waals surface area contributed by atoms with Crippen LogP contribution in [0, 0.1) is 0 Å². The minimum atomic E-state index is -0.880. The number of Topliss-reactive ketones (excluding diaryl/α,β-unsaturated/α-hetero) is 1. The van der Waals surface area contributed by atoms with Crippen LogP contribution >= 0.6 is 11.3 Å². The number of hydrogen-bond donors (Lipinski definition) is 1. The van der Waals surface area contributed by atoms with Crippen LogP contribution in [0.15, 0.2) is 72.6 Å². The molecule has 1 saturated heterocycles. The summed E-state index contributed by atoms with van der Waals surface area (Å²) in [5, 5.41) is 11.8. The number of hydrogen-bond acceptors (Lipinski definition) is 8. The van der Waals surface area contributed by atoms with Crippen LogP contribution in [-0.2, 0) is 9.59 Å². The Morgan fingerprint density at radius 2 is 1.82 bits per heavy atom. The molecule has 3 heterocycles. The van der Waals surface area contributed by atoms with Gasteiger partial charge in [-0.25, -0.2) is 4.98 Å². The Hall–Kier alpha value is -4.24. The first-order chi connectivity index (χ1) is 18.5. The van der Waals surface area contributed by atoms with Gasteiger partial charge in [-0.15, -0.1) is 0 Å². The van der Waals surface area contributed by atoms with Crippen molar-refractivity contribution in [3.8, 4) is 11.5 Å². The second kappa shape index (κ2) is 11.0. The summed E-state index contributed by atoms with van der Waals surface area (Å²) in [7, 11) is 0. The maximum Gasteiger partial charge on any atom is 0.301 e. The largest absolute Gasteiger partial charge is 0.507 e. The Labute approximate surface area is 224 Å². The predicted molar refractivity (Wildman–Crippen MR) is 147 cm³/mol. The first-order valence-corrected chi connectivity index (χ1v) is 13.3. The molecule has 0 radical (unpaired) electrons. The SMILES string of the molecule is CCCCOc1cccc(C(O)=C2C(=O)C(=O)N(c3nc4ccc(OCC)cc4s3)C2c2ccncc2)c1. The fraction of sp³-hybridized carbons (Fsp3) is 0.241. The Bertz CT molecular complexity index is 1520. The number of nitrogens with zero attached hydrogens (tertiary/aromatic N) is 3. The van der Waals surface area contributed by atoms with Crippen LogP contribution in [0.5, 0.6) is 11.5 Å². The van der Waals surface area contributed by atoms with Gasteiger partial charge in [0.2, 0.25) is 0 Å². The fourth-order valence-electron chi connectivity index (χ4n) is 4.37. The number of carbonyl (C=O) groups is 2. The highest BCUT2D eigenvalue weighted by Gasteiger charge is 2.48. The molecule has 1 unspecified atom stereocenters. The van der Waals surface area contributed by atoms with E-state index in [0.29, 0.717) is 46.5 Å². The number of aliphatic hydroxyl groups excluding tert-OH is 1. The van der Waals surface area contributed by atoms with Crippen LogP contribution in [0.1, 0.15) is 43.9 Å². The van der Waals surface area contributed by atoms with E-state index in [0.717, 1.165) is 17.5 Å². The smallest absolute Gasteiger partial charge is 0.301 e. The molecule has 2 aromatic heterocycles. The summed E-state index contributed by atoms with van der Waals surface area (Å²) in [5.74, 6) is -0.533. The lowest BCUT2D eigenvalue weighted by atomic mass is 9.96. The fourth-order valence-corrected chi connectivity index (χ4v) is 5.39. The summed E-state index contributed by atoms with van der Waals surface area (Å²) in [5.41, 5.74) is 1.69. The lowest BCUT2D eigenvalue weighted by Crippen LogP contribution is -2.29. The van der Waals surface area contributed by atoms with Crippen molar-refractivity contribution in [2.24, 2.45) is 0 Å². The van der Waals surface area contributed by atoms with Crippen molar-refractivity contribution in [2.45, 2.75) is 32.7 Å². The van der Waals surface area contributed by atoms with E-state index in [2.05, 4.69) is 16.9 Å². The van der Waals surface area contributed by atoms with Gasteiger partial charge < -0.3 is 14.6 Å². The highest BCUT2D eigenvalue weighted by Crippen LogP contribution is 2.44. The number of aromatic nitrogens is 2. The molecule has 1 fully saturated rings. The van der Waals surface area contributed by atoms with Gasteiger partial charge in [-0.2, -0.15) is 0 Å². The maximum absolute atomic E-state index is 13.5. The highest BCUT2D eigenvalue weighted by atomic mass is 32.1. The molecule has 8 nitrogen and oxygen atoms in total. The monoisotopic (exact) mass is 529 g/mol. The zero-order valence-corrected chi connectivity index (χ0v) is 21.9. The Morgan fingerprint density at radius 1 is 1.03 bits per heavy atom. The number of ether oxygens (including phenoxy) is 2. The molecule has 38 heavy (non-hydrogen) atoms. The molecule has 1 amide bonds. The highest BCUT2D eigenvalue weighted by molar-refractivity contribution is 7.22. The number of pyridine rings is 1. The number of fused-ring (bicyclic) bond motifs is 1. The molecule has 0 spiro atoms. The number of anilines is 1. The summed E-state index contributed by atoms with van der Waals surface area (Å²) in [6.07, 6.45) is 5.07. The first-order valence-electron chi connectivity index (χ1n) is 12.5. The van der Waals surface area contributed by atoms with Crippen molar-refractivity contribution >= 4 is 44.1 Å². The topological polar surface area (TPSA) is 102 Å². The zero-order valence-electron chi connectivity index (χ0n) is 21.1. The molecular formula is C29H27N3O5S. The van der Waals surface area contributed by atoms with Gasteiger partial charge in [0.15, 0.2) is 5.13 Å². The van der Waals surface area contributed by atoms with Gasteiger partial charge in [-0.05, 0) is 61.4 Å². The van der Waals surface area contributed by atoms with Crippen molar-refractivity contribution in [1.29, 1.82) is 0 Å². The van der Waals surface area contributed by atoms with Gasteiger partial charge in [-0.1, -0.05) is 36.8 Å². The summed E-state index contributed by atoms with van der Waals surface area (Å²) in [6.45, 7) is 5.06. The minimum Gasteiger partial charge on any atom is -0.507 e. The number of ketones is 1. The third-order valence-electron chi connectivity index (χ3n) is 6.21. The summed E-state index contributed by atoms with van der Waals surface area (Å²) >= 11 is 1.28. The number of benzene rings is 2. The number of amides is 1. The van der Waals surface area contributed by atoms with E-state index >= 15 is 0 Å². The lowest BCUT2D eigenvalue weighted by Gasteiger charge is -2.22. The van der Waals surface area contributed by atoms with Crippen molar-refractivity contribution in [3.63, 3.8) is 0 Å². The molecular weight excluding hydrogens is 502 g/mol. The molecule has 9 heteroatoms. The standard InChI is InChI=1S/C29H27N3O5S/c1-3-5-15-37-20-8-6-7-19(16-20)26(33)24-25(18-11-13-30-14-12-18)32(28(35)27(24)34)29-31-22-10-9-21(36-4-2)17-23(22)38-29/h6-14,16-17,25,33H,3-5,15H2,1-2H3. The predicted octanol–water partition coefficient (Wildman–Crippen LogP) is 5.90. The molecule has 194 valence electrons. The third kappa shape index (κ3) is 4.84. The zero-order chi connectivity index (χ0) is 26.6. The molecule has 1 atom stereocenters. The first kappa shape index (κ1) is 25.4. The molecule has 1 aliphatic rings. The van der Waals surface area contributed by atoms with E-state index in [4.69, 9.17) is 9.47 Å². The van der Waals surface area contributed by atoms with Crippen LogP contribution in [0.25, 0.3) is 16.0 Å². The van der Waals surface area contributed by atoms with Crippen LogP contribution < -0.4 is 14.4 Å². The number of thiazole rings is 1. The van der Waals surface area contributed by atoms with E-state index in [1.54, 1.807) is 48.8 Å². The lowest BCUT2D eigenvalue weighted by molar-refractivity contribution is -0.132. The minimum absolute atomic E-state index is 0.0128. The van der Waals surface area contributed by atoms with E-state index in [-0.39, 0.29) is 11.3 Å². The third-order valence-corrected chi connectivity index (χ3v) is 7.22. The van der Waals surface area contributed by atoms with E-state index < -0.39 is 17.7 Å². The van der Waals surface area contributed by atoms with Gasteiger partial charge in [0, 0.05) is 18.0 Å². The van der Waals surface area contributed by atoms with Gasteiger partial charge >= 0.3 is 5.91 Å². The van der Waals surface area contributed by atoms with Crippen LogP contribution in [0.3, 0.4) is 0 Å². The second-order valence-corrected chi connectivity index (χ2v) is 9.75. The maximum atomic E-state index is 13.5. The summed E-state index contributed by atoms with van der Waals surface area (Å²) in [6, 6.07) is 15.0. The van der Waals surface area contributed by atoms with Crippen molar-refractivity contribution in [3.05, 3.63) is 83.7 Å². The second-order valence-electron chi connectivity index (χ2n) is 8.74. The van der Waals surface area contributed by atoms with Gasteiger partial charge in [0.1, 0.15) is 17.3 Å². The Balaban J connectivity index is 1.61. The van der Waals surface area contributed by atoms with Gasteiger partial charge in [0.25, 0.3) is 5.78 Å². The number of rotatable bonds is 9. The molecule has 1 aliphatic heterocycles. The molecule has 0 saturated carbocycles. The average Bonchev–Trinajstić information content (AvgIpc) is 3.47. The Morgan fingerprint density at radius 3 is 2.58 bits per heavy atom. The molecule has 4 aromatic rings. The number of unbranched alkanes of at least 4 members (excludes halogenated alkanes) is 1. The van der Waals surface area contributed by atoms with Gasteiger partial charge in [-0.3, -0.25) is 19.5 Å². The average molecular weight is 530 g/mol. The molecule has 1 N–H and O–H groups in total. The van der Waals surface area contributed by atoms with E-state index in [1.807, 2.05) is 25.1 Å². The number of aliphatic hydroxyl groups is 1. The summed E-state index contributed by atoms with van der Waals surface area (Å²) in [4.78, 5) is 37.0. The number of carbonyl (C=O) groups excluding carboxylic acids is 2. The molecule has 0 bridgehead atoms. The summed E-state index contributed by atoms with van der Waals surface area (Å²) < 4.78 is 12.2. The molecule has 5 rings (SSSR count). The van der Waals surface area contributed by atoms with Crippen LogP contribution in [-0.4, -0.2) is 40.0 Å². The van der Waals surface area contributed by atoms with Crippen LogP contribution in [0.4, 0.5) is 5.13 Å². The molecule has 0 aliphatic carbocycles. The normalized spacial score (nSPS) is 16.8. The quantitative estimate of drug-likeness (QED) is 0.125. The van der Waals surface area contributed by atoms with E-state index in [9.17, 15) is 14.7 Å². The van der Waals surface area contributed by atoms with Crippen molar-refractivity contribution in [2.75, 3.05) is 18.1 Å². The Kier molecular flexibility index (Phi) is 7.37. The van der Waals surface area contributed by atoms with Crippen molar-refractivity contribution < 1.29 is 24.2 Å². The van der Waals surface area contributed by atoms with Crippen LogP contribution in [0.2, 0.25) is 0 Å².